The summed E-state index contributed by atoms with van der Waals surface area (Å²) in [4.78, 5) is 17.7. The van der Waals surface area contributed by atoms with Crippen molar-refractivity contribution in [3.05, 3.63) is 77.0 Å². The quantitative estimate of drug-likeness (QED) is 0.501. The van der Waals surface area contributed by atoms with Crippen LogP contribution in [0.3, 0.4) is 0 Å². The molecule has 0 spiro atoms. The van der Waals surface area contributed by atoms with E-state index >= 15 is 0 Å². The molecule has 4 rings (SSSR count). The Balaban J connectivity index is 1.62. The van der Waals surface area contributed by atoms with E-state index < -0.39 is 11.9 Å². The molecule has 0 radical (unpaired) electrons. The number of aromatic nitrogens is 1. The number of rotatable bonds is 8. The van der Waals surface area contributed by atoms with Gasteiger partial charge in [-0.2, -0.15) is 0 Å². The van der Waals surface area contributed by atoms with Crippen molar-refractivity contribution in [1.29, 1.82) is 0 Å². The maximum absolute atomic E-state index is 11.3. The highest BCUT2D eigenvalue weighted by molar-refractivity contribution is 5.70. The van der Waals surface area contributed by atoms with Crippen molar-refractivity contribution in [2.24, 2.45) is 5.92 Å². The van der Waals surface area contributed by atoms with Crippen molar-refractivity contribution in [3.63, 3.8) is 0 Å². The first-order chi connectivity index (χ1) is 16.3. The summed E-state index contributed by atoms with van der Waals surface area (Å²) in [7, 11) is 5.76. The van der Waals surface area contributed by atoms with Gasteiger partial charge >= 0.3 is 5.97 Å². The minimum atomic E-state index is -0.781. The lowest BCUT2D eigenvalue weighted by molar-refractivity contribution is -0.141. The lowest BCUT2D eigenvalue weighted by Gasteiger charge is -2.28. The van der Waals surface area contributed by atoms with Gasteiger partial charge in [0, 0.05) is 18.8 Å². The SMILES string of the molecule is COc1cc(-c2ccc([C@@H]3CCc4ccc(CC(C)C(=O)O)cc4O3)cc2CN(C)C)ccn1. The third kappa shape index (κ3) is 5.39. The molecule has 1 aromatic heterocycles. The van der Waals surface area contributed by atoms with Crippen molar-refractivity contribution in [3.8, 4) is 22.8 Å². The smallest absolute Gasteiger partial charge is 0.306 e. The number of pyridine rings is 1. The van der Waals surface area contributed by atoms with Crippen molar-refractivity contribution in [2.45, 2.75) is 38.8 Å². The average molecular weight is 461 g/mol. The molecule has 0 aliphatic carbocycles. The summed E-state index contributed by atoms with van der Waals surface area (Å²) in [5.41, 5.74) is 6.76. The van der Waals surface area contributed by atoms with Crippen LogP contribution in [0.5, 0.6) is 11.6 Å². The predicted octanol–water partition coefficient (Wildman–Crippen LogP) is 5.15. The summed E-state index contributed by atoms with van der Waals surface area (Å²) in [6.07, 6.45) is 4.06. The molecule has 2 heterocycles. The Hall–Kier alpha value is -3.38. The van der Waals surface area contributed by atoms with Gasteiger partial charge in [0.25, 0.3) is 0 Å². The second-order valence-electron chi connectivity index (χ2n) is 9.27. The predicted molar refractivity (Wildman–Crippen MR) is 132 cm³/mol. The number of benzene rings is 2. The number of ether oxygens (including phenoxy) is 2. The molecule has 0 saturated heterocycles. The molecule has 2 aromatic carbocycles. The Kier molecular flexibility index (Phi) is 7.17. The van der Waals surface area contributed by atoms with E-state index in [-0.39, 0.29) is 6.10 Å². The van der Waals surface area contributed by atoms with E-state index in [0.29, 0.717) is 12.3 Å². The van der Waals surface area contributed by atoms with Crippen LogP contribution in [0.15, 0.2) is 54.7 Å². The highest BCUT2D eigenvalue weighted by Gasteiger charge is 2.23. The van der Waals surface area contributed by atoms with Crippen LogP contribution < -0.4 is 9.47 Å². The molecule has 0 fully saturated rings. The zero-order chi connectivity index (χ0) is 24.2. The number of aryl methyl sites for hydroxylation is 1. The van der Waals surface area contributed by atoms with Gasteiger partial charge in [-0.05, 0) is 78.9 Å². The van der Waals surface area contributed by atoms with Crippen LogP contribution in [-0.4, -0.2) is 42.2 Å². The van der Waals surface area contributed by atoms with E-state index in [1.807, 2.05) is 24.3 Å². The van der Waals surface area contributed by atoms with Gasteiger partial charge in [0.2, 0.25) is 5.88 Å². The zero-order valence-corrected chi connectivity index (χ0v) is 20.2. The average Bonchev–Trinajstić information content (AvgIpc) is 2.83. The van der Waals surface area contributed by atoms with Gasteiger partial charge in [-0.25, -0.2) is 4.98 Å². The van der Waals surface area contributed by atoms with E-state index in [1.54, 1.807) is 20.2 Å². The molecule has 0 amide bonds. The van der Waals surface area contributed by atoms with Crippen molar-refractivity contribution in [2.75, 3.05) is 21.2 Å². The fraction of sp³-hybridized carbons (Fsp3) is 0.357. The van der Waals surface area contributed by atoms with E-state index in [2.05, 4.69) is 48.2 Å². The molecule has 178 valence electrons. The first kappa shape index (κ1) is 23.8. The third-order valence-corrected chi connectivity index (χ3v) is 6.28. The molecule has 1 aliphatic heterocycles. The second-order valence-corrected chi connectivity index (χ2v) is 9.27. The molecule has 0 bridgehead atoms. The van der Waals surface area contributed by atoms with Crippen LogP contribution in [0.25, 0.3) is 11.1 Å². The minimum absolute atomic E-state index is 0.0402. The topological polar surface area (TPSA) is 71.9 Å². The highest BCUT2D eigenvalue weighted by atomic mass is 16.5. The molecule has 1 N–H and O–H groups in total. The molecule has 34 heavy (non-hydrogen) atoms. The summed E-state index contributed by atoms with van der Waals surface area (Å²) < 4.78 is 11.8. The number of carbonyl (C=O) groups is 1. The lowest BCUT2D eigenvalue weighted by Crippen LogP contribution is -2.17. The fourth-order valence-electron chi connectivity index (χ4n) is 4.47. The van der Waals surface area contributed by atoms with E-state index in [9.17, 15) is 9.90 Å². The lowest BCUT2D eigenvalue weighted by atomic mass is 9.91. The standard InChI is InChI=1S/C28H32N2O4/c1-18(28(31)32)13-19-5-6-20-8-10-25(34-26(20)14-19)22-7-9-24(23(15-22)17-30(2)3)21-11-12-29-27(16-21)33-4/h5-7,9,11-12,14-16,18,25H,8,10,13,17H2,1-4H3,(H,31,32)/t18?,25-/m0/s1. The number of nitrogens with zero attached hydrogens (tertiary/aromatic N) is 2. The van der Waals surface area contributed by atoms with Crippen molar-refractivity contribution >= 4 is 5.97 Å². The van der Waals surface area contributed by atoms with Gasteiger partial charge in [-0.3, -0.25) is 4.79 Å². The molecule has 6 nitrogen and oxygen atoms in total. The van der Waals surface area contributed by atoms with Gasteiger partial charge in [0.1, 0.15) is 11.9 Å². The number of hydrogen-bond acceptors (Lipinski definition) is 5. The maximum Gasteiger partial charge on any atom is 0.306 e. The van der Waals surface area contributed by atoms with E-state index in [0.717, 1.165) is 47.4 Å². The zero-order valence-electron chi connectivity index (χ0n) is 20.2. The van der Waals surface area contributed by atoms with Crippen LogP contribution in [0, 0.1) is 5.92 Å². The number of carboxylic acid groups (broad SMARTS) is 1. The summed E-state index contributed by atoms with van der Waals surface area (Å²) in [5, 5.41) is 9.25. The van der Waals surface area contributed by atoms with Gasteiger partial charge < -0.3 is 19.5 Å². The summed E-state index contributed by atoms with van der Waals surface area (Å²) in [6.45, 7) is 2.53. The molecular formula is C28H32N2O4. The monoisotopic (exact) mass is 460 g/mol. The number of aliphatic carboxylic acids is 1. The molecular weight excluding hydrogens is 428 g/mol. The number of carboxylic acids is 1. The van der Waals surface area contributed by atoms with Gasteiger partial charge in [0.15, 0.2) is 0 Å². The fourth-order valence-corrected chi connectivity index (χ4v) is 4.47. The van der Waals surface area contributed by atoms with Crippen LogP contribution in [0.2, 0.25) is 0 Å². The molecule has 3 aromatic rings. The first-order valence-corrected chi connectivity index (χ1v) is 11.6. The Labute approximate surface area is 201 Å². The van der Waals surface area contributed by atoms with E-state index in [4.69, 9.17) is 9.47 Å². The van der Waals surface area contributed by atoms with Gasteiger partial charge in [-0.15, -0.1) is 0 Å². The number of fused-ring (bicyclic) bond motifs is 1. The van der Waals surface area contributed by atoms with Crippen LogP contribution >= 0.6 is 0 Å². The van der Waals surface area contributed by atoms with Crippen LogP contribution in [-0.2, 0) is 24.2 Å². The third-order valence-electron chi connectivity index (χ3n) is 6.28. The normalized spacial score (nSPS) is 16.0. The van der Waals surface area contributed by atoms with E-state index in [1.165, 1.54) is 11.1 Å². The molecule has 2 atom stereocenters. The molecule has 0 saturated carbocycles. The summed E-state index contributed by atoms with van der Waals surface area (Å²) in [6, 6.07) is 16.6. The number of methoxy groups -OCH3 is 1. The summed E-state index contributed by atoms with van der Waals surface area (Å²) in [5.74, 6) is 0.253. The first-order valence-electron chi connectivity index (χ1n) is 11.6. The van der Waals surface area contributed by atoms with Crippen molar-refractivity contribution < 1.29 is 19.4 Å². The maximum atomic E-state index is 11.3. The van der Waals surface area contributed by atoms with Gasteiger partial charge in [-0.1, -0.05) is 37.3 Å². The Morgan fingerprint density at radius 2 is 2.03 bits per heavy atom. The van der Waals surface area contributed by atoms with Crippen molar-refractivity contribution in [1.82, 2.24) is 9.88 Å². The summed E-state index contributed by atoms with van der Waals surface area (Å²) >= 11 is 0. The van der Waals surface area contributed by atoms with Gasteiger partial charge in [0.05, 0.1) is 13.0 Å². The Morgan fingerprint density at radius 3 is 2.76 bits per heavy atom. The van der Waals surface area contributed by atoms with Crippen LogP contribution in [0.1, 0.15) is 41.7 Å². The highest BCUT2D eigenvalue weighted by Crippen LogP contribution is 2.37. The number of hydrogen-bond donors (Lipinski definition) is 1. The molecule has 6 heteroatoms. The largest absolute Gasteiger partial charge is 0.485 e. The minimum Gasteiger partial charge on any atom is -0.485 e. The second kappa shape index (κ2) is 10.3. The molecule has 1 aliphatic rings. The Morgan fingerprint density at radius 1 is 1.21 bits per heavy atom. The molecule has 1 unspecified atom stereocenters. The van der Waals surface area contributed by atoms with Crippen LogP contribution in [0.4, 0.5) is 0 Å². The Bertz CT molecular complexity index is 1170.